The van der Waals surface area contributed by atoms with Crippen molar-refractivity contribution in [2.75, 3.05) is 5.73 Å². The van der Waals surface area contributed by atoms with Crippen LogP contribution >= 0.6 is 0 Å². The van der Waals surface area contributed by atoms with E-state index in [9.17, 15) is 4.79 Å². The Kier molecular flexibility index (Phi) is 3.18. The molecule has 0 saturated heterocycles. The number of nitrogens with zero attached hydrogens (tertiary/aromatic N) is 3. The minimum absolute atomic E-state index is 0.000633. The highest BCUT2D eigenvalue weighted by molar-refractivity contribution is 5.70. The molecule has 0 radical (unpaired) electrons. The fourth-order valence-corrected chi connectivity index (χ4v) is 2.57. The smallest absolute Gasteiger partial charge is 0.278 e. The zero-order chi connectivity index (χ0) is 15.9. The number of fused-ring (bicyclic) bond motifs is 1. The van der Waals surface area contributed by atoms with Crippen LogP contribution in [-0.4, -0.2) is 14.6 Å². The normalized spacial score (nSPS) is 11.0. The summed E-state index contributed by atoms with van der Waals surface area (Å²) in [6.45, 7) is 3.89. The maximum atomic E-state index is 12.7. The number of nitrogens with two attached hydrogens (primary N) is 1. The molecule has 0 fully saturated rings. The molecular formula is C16H15N5O. The molecule has 22 heavy (non-hydrogen) atoms. The number of nitrogen functional groups attached to an aromatic ring is 1. The molecule has 3 aromatic rings. The molecule has 3 rings (SSSR count). The van der Waals surface area contributed by atoms with Gasteiger partial charge >= 0.3 is 0 Å². The molecule has 0 aliphatic carbocycles. The summed E-state index contributed by atoms with van der Waals surface area (Å²) in [5, 5.41) is 13.2. The Bertz CT molecular complexity index is 959. The van der Waals surface area contributed by atoms with Crippen molar-refractivity contribution in [2.45, 2.75) is 19.8 Å². The molecule has 6 heteroatoms. The van der Waals surface area contributed by atoms with Gasteiger partial charge < -0.3 is 10.7 Å². The van der Waals surface area contributed by atoms with Gasteiger partial charge in [-0.25, -0.2) is 0 Å². The van der Waals surface area contributed by atoms with Gasteiger partial charge in [-0.1, -0.05) is 26.0 Å². The lowest BCUT2D eigenvalue weighted by Gasteiger charge is -2.13. The summed E-state index contributed by atoms with van der Waals surface area (Å²) >= 11 is 0. The Hall–Kier alpha value is -3.07. The number of nitrogens with one attached hydrogen (secondary N) is 1. The number of hydrogen-bond acceptors (Lipinski definition) is 4. The SMILES string of the molecule is CC(C)c1c(-c2cccc(N)c2)[nH]c2c(C#N)cnn2c1=O. The molecule has 0 spiro atoms. The fraction of sp³-hybridized carbons (Fsp3) is 0.188. The highest BCUT2D eigenvalue weighted by Crippen LogP contribution is 2.27. The number of nitriles is 1. The molecule has 6 nitrogen and oxygen atoms in total. The first-order chi connectivity index (χ1) is 10.5. The summed E-state index contributed by atoms with van der Waals surface area (Å²) in [5.41, 5.74) is 9.08. The van der Waals surface area contributed by atoms with Crippen molar-refractivity contribution in [3.63, 3.8) is 0 Å². The van der Waals surface area contributed by atoms with Crippen LogP contribution < -0.4 is 11.3 Å². The minimum Gasteiger partial charge on any atom is -0.399 e. The highest BCUT2D eigenvalue weighted by Gasteiger charge is 2.19. The predicted molar refractivity (Wildman–Crippen MR) is 84.5 cm³/mol. The summed E-state index contributed by atoms with van der Waals surface area (Å²) in [5.74, 6) is -0.000633. The van der Waals surface area contributed by atoms with Crippen molar-refractivity contribution >= 4 is 11.3 Å². The monoisotopic (exact) mass is 293 g/mol. The van der Waals surface area contributed by atoms with E-state index in [2.05, 4.69) is 10.1 Å². The second-order valence-electron chi connectivity index (χ2n) is 5.43. The summed E-state index contributed by atoms with van der Waals surface area (Å²) in [7, 11) is 0. The number of aromatic nitrogens is 3. The number of anilines is 1. The molecular weight excluding hydrogens is 278 g/mol. The first-order valence-corrected chi connectivity index (χ1v) is 6.93. The molecule has 0 aliphatic rings. The number of benzene rings is 1. The molecule has 0 bridgehead atoms. The van der Waals surface area contributed by atoms with E-state index in [1.807, 2.05) is 32.0 Å². The van der Waals surface area contributed by atoms with Crippen LogP contribution in [0, 0.1) is 11.3 Å². The molecule has 1 aromatic carbocycles. The van der Waals surface area contributed by atoms with Gasteiger partial charge in [-0.2, -0.15) is 14.9 Å². The van der Waals surface area contributed by atoms with E-state index in [1.54, 1.807) is 12.1 Å². The van der Waals surface area contributed by atoms with Crippen molar-refractivity contribution in [2.24, 2.45) is 0 Å². The number of rotatable bonds is 2. The number of hydrogen-bond donors (Lipinski definition) is 2. The third kappa shape index (κ3) is 2.04. The summed E-state index contributed by atoms with van der Waals surface area (Å²) < 4.78 is 1.24. The molecule has 0 amide bonds. The molecule has 0 saturated carbocycles. The third-order valence-corrected chi connectivity index (χ3v) is 3.58. The van der Waals surface area contributed by atoms with E-state index < -0.39 is 0 Å². The average Bonchev–Trinajstić information content (AvgIpc) is 2.90. The average molecular weight is 293 g/mol. The first-order valence-electron chi connectivity index (χ1n) is 6.93. The Morgan fingerprint density at radius 2 is 2.18 bits per heavy atom. The highest BCUT2D eigenvalue weighted by atomic mass is 16.1. The standard InChI is InChI=1S/C16H15N5O/c1-9(2)13-14(10-4-3-5-12(18)6-10)20-15-11(7-17)8-19-21(15)16(13)22/h3-6,8-9,20H,18H2,1-2H3. The Labute approximate surface area is 126 Å². The van der Waals surface area contributed by atoms with Crippen molar-refractivity contribution in [3.05, 3.63) is 51.9 Å². The van der Waals surface area contributed by atoms with Crippen LogP contribution in [0.5, 0.6) is 0 Å². The van der Waals surface area contributed by atoms with Crippen LogP contribution in [0.1, 0.15) is 30.9 Å². The van der Waals surface area contributed by atoms with E-state index >= 15 is 0 Å². The van der Waals surface area contributed by atoms with Crippen LogP contribution in [0.4, 0.5) is 5.69 Å². The van der Waals surface area contributed by atoms with Crippen LogP contribution in [-0.2, 0) is 0 Å². The van der Waals surface area contributed by atoms with E-state index in [-0.39, 0.29) is 11.5 Å². The van der Waals surface area contributed by atoms with Crippen molar-refractivity contribution in [1.29, 1.82) is 5.26 Å². The second-order valence-corrected chi connectivity index (χ2v) is 5.43. The van der Waals surface area contributed by atoms with Crippen molar-refractivity contribution < 1.29 is 0 Å². The minimum atomic E-state index is -0.220. The quantitative estimate of drug-likeness (QED) is 0.708. The van der Waals surface area contributed by atoms with Gasteiger partial charge in [-0.05, 0) is 18.1 Å². The van der Waals surface area contributed by atoms with E-state index in [4.69, 9.17) is 11.0 Å². The van der Waals surface area contributed by atoms with Crippen LogP contribution in [0.25, 0.3) is 16.9 Å². The van der Waals surface area contributed by atoms with Gasteiger partial charge in [0.25, 0.3) is 5.56 Å². The van der Waals surface area contributed by atoms with Gasteiger partial charge in [0.1, 0.15) is 11.6 Å². The van der Waals surface area contributed by atoms with Crippen molar-refractivity contribution in [3.8, 4) is 17.3 Å². The second kappa shape index (κ2) is 5.04. The van der Waals surface area contributed by atoms with E-state index in [0.717, 1.165) is 5.56 Å². The van der Waals surface area contributed by atoms with Crippen molar-refractivity contribution in [1.82, 2.24) is 14.6 Å². The summed E-state index contributed by atoms with van der Waals surface area (Å²) in [4.78, 5) is 15.9. The lowest BCUT2D eigenvalue weighted by molar-refractivity contribution is 0.797. The van der Waals surface area contributed by atoms with Gasteiger partial charge in [-0.15, -0.1) is 0 Å². The predicted octanol–water partition coefficient (Wildman–Crippen LogP) is 2.27. The zero-order valence-electron chi connectivity index (χ0n) is 12.3. The molecule has 2 aromatic heterocycles. The molecule has 3 N–H and O–H groups in total. The molecule has 0 aliphatic heterocycles. The molecule has 0 atom stereocenters. The van der Waals surface area contributed by atoms with Gasteiger partial charge in [0.05, 0.1) is 11.9 Å². The van der Waals surface area contributed by atoms with Gasteiger partial charge in [0, 0.05) is 16.8 Å². The Morgan fingerprint density at radius 3 is 2.82 bits per heavy atom. The van der Waals surface area contributed by atoms with Gasteiger partial charge in [-0.3, -0.25) is 4.79 Å². The van der Waals surface area contributed by atoms with Gasteiger partial charge in [0.15, 0.2) is 5.65 Å². The van der Waals surface area contributed by atoms with E-state index in [0.29, 0.717) is 28.2 Å². The summed E-state index contributed by atoms with van der Waals surface area (Å²) in [6.07, 6.45) is 1.39. The maximum Gasteiger partial charge on any atom is 0.278 e. The van der Waals surface area contributed by atoms with Crippen LogP contribution in [0.2, 0.25) is 0 Å². The summed E-state index contributed by atoms with van der Waals surface area (Å²) in [6, 6.07) is 9.34. The van der Waals surface area contributed by atoms with Gasteiger partial charge in [0.2, 0.25) is 0 Å². The molecule has 2 heterocycles. The molecule has 0 unspecified atom stereocenters. The fourth-order valence-electron chi connectivity index (χ4n) is 2.57. The molecule has 110 valence electrons. The van der Waals surface area contributed by atoms with E-state index in [1.165, 1.54) is 10.7 Å². The zero-order valence-corrected chi connectivity index (χ0v) is 12.3. The van der Waals surface area contributed by atoms with Crippen LogP contribution in [0.15, 0.2) is 35.3 Å². The first kappa shape index (κ1) is 13.9. The largest absolute Gasteiger partial charge is 0.399 e. The lowest BCUT2D eigenvalue weighted by atomic mass is 9.98. The van der Waals surface area contributed by atoms with Crippen LogP contribution in [0.3, 0.4) is 0 Å². The number of aromatic amines is 1. The third-order valence-electron chi connectivity index (χ3n) is 3.58. The maximum absolute atomic E-state index is 12.7. The lowest BCUT2D eigenvalue weighted by Crippen LogP contribution is -2.22. The Morgan fingerprint density at radius 1 is 1.41 bits per heavy atom. The Balaban J connectivity index is 2.44. The topological polar surface area (TPSA) is 100.0 Å². The number of H-pyrrole nitrogens is 1.